The van der Waals surface area contributed by atoms with Gasteiger partial charge in [0, 0.05) is 59.0 Å². The van der Waals surface area contributed by atoms with Crippen LogP contribution >= 0.6 is 12.4 Å². The summed E-state index contributed by atoms with van der Waals surface area (Å²) in [5.74, 6) is -0.436. The second-order valence-electron chi connectivity index (χ2n) is 9.44. The second kappa shape index (κ2) is 12.4. The number of methoxy groups -OCH3 is 1. The molecule has 0 radical (unpaired) electrons. The third kappa shape index (κ3) is 6.13. The molecule has 3 aromatic rings. The maximum Gasteiger partial charge on any atom is 0.301 e. The number of nitrogens with two attached hydrogens (primary N) is 1. The van der Waals surface area contributed by atoms with Crippen molar-refractivity contribution in [3.05, 3.63) is 65.1 Å². The van der Waals surface area contributed by atoms with Gasteiger partial charge in [-0.15, -0.1) is 12.4 Å². The summed E-state index contributed by atoms with van der Waals surface area (Å²) in [6.45, 7) is 2.21. The Balaban J connectivity index is 0.00000400. The van der Waals surface area contributed by atoms with Gasteiger partial charge in [0.05, 0.1) is 23.4 Å². The number of likely N-dealkylation sites (tertiary alicyclic amines) is 1. The van der Waals surface area contributed by atoms with Crippen LogP contribution in [0.3, 0.4) is 0 Å². The van der Waals surface area contributed by atoms with Crippen LogP contribution in [0.25, 0.3) is 10.9 Å². The van der Waals surface area contributed by atoms with E-state index in [0.29, 0.717) is 67.8 Å². The molecule has 0 bridgehead atoms. The summed E-state index contributed by atoms with van der Waals surface area (Å²) in [5.41, 5.74) is 8.75. The molecule has 2 aromatic carbocycles. The number of hydrogen-bond acceptors (Lipinski definition) is 5. The third-order valence-electron chi connectivity index (χ3n) is 6.91. The third-order valence-corrected chi connectivity index (χ3v) is 8.35. The fourth-order valence-corrected chi connectivity index (χ4v) is 5.43. The first-order valence-corrected chi connectivity index (χ1v) is 13.7. The average Bonchev–Trinajstić information content (AvgIpc) is 3.27. The number of rotatable bonds is 9. The van der Waals surface area contributed by atoms with Gasteiger partial charge in [-0.3, -0.25) is 9.52 Å². The molecular formula is C26H35ClFN5O4S. The molecule has 1 aromatic heterocycles. The van der Waals surface area contributed by atoms with Crippen molar-refractivity contribution in [1.29, 1.82) is 0 Å². The lowest BCUT2D eigenvalue weighted by atomic mass is 9.88. The van der Waals surface area contributed by atoms with Crippen LogP contribution in [-0.2, 0) is 28.0 Å². The summed E-state index contributed by atoms with van der Waals surface area (Å²) >= 11 is 0. The van der Waals surface area contributed by atoms with Gasteiger partial charge in [-0.2, -0.15) is 12.7 Å². The van der Waals surface area contributed by atoms with Crippen molar-refractivity contribution in [1.82, 2.24) is 13.8 Å². The van der Waals surface area contributed by atoms with E-state index in [9.17, 15) is 17.6 Å². The van der Waals surface area contributed by atoms with Gasteiger partial charge in [-0.25, -0.2) is 4.39 Å². The van der Waals surface area contributed by atoms with Crippen LogP contribution in [0.1, 0.15) is 40.2 Å². The molecule has 1 saturated heterocycles. The van der Waals surface area contributed by atoms with E-state index in [1.54, 1.807) is 36.4 Å². The lowest BCUT2D eigenvalue weighted by Gasteiger charge is -2.32. The molecule has 1 aliphatic rings. The van der Waals surface area contributed by atoms with Crippen molar-refractivity contribution in [2.75, 3.05) is 45.6 Å². The summed E-state index contributed by atoms with van der Waals surface area (Å²) in [7, 11) is 0.694. The van der Waals surface area contributed by atoms with Crippen LogP contribution in [0.2, 0.25) is 0 Å². The molecule has 1 aliphatic heterocycles. The molecule has 1 amide bonds. The molecule has 9 nitrogen and oxygen atoms in total. The largest absolute Gasteiger partial charge is 0.383 e. The van der Waals surface area contributed by atoms with Gasteiger partial charge in [0.15, 0.2) is 0 Å². The first-order valence-electron chi connectivity index (χ1n) is 12.2. The Bertz CT molecular complexity index is 1390. The number of carbonyl (C=O) groups excluding carboxylic acids is 1. The van der Waals surface area contributed by atoms with Crippen molar-refractivity contribution in [3.8, 4) is 0 Å². The van der Waals surface area contributed by atoms with E-state index in [1.807, 2.05) is 16.7 Å². The number of amides is 1. The number of anilines is 1. The maximum absolute atomic E-state index is 14.5. The van der Waals surface area contributed by atoms with Crippen LogP contribution in [0, 0.1) is 5.82 Å². The Morgan fingerprint density at radius 1 is 1.21 bits per heavy atom. The van der Waals surface area contributed by atoms with Crippen molar-refractivity contribution in [3.63, 3.8) is 0 Å². The van der Waals surface area contributed by atoms with E-state index in [2.05, 4.69) is 4.72 Å². The summed E-state index contributed by atoms with van der Waals surface area (Å²) in [5, 5.41) is 0.540. The topological polar surface area (TPSA) is 110 Å². The van der Waals surface area contributed by atoms with E-state index in [4.69, 9.17) is 10.5 Å². The smallest absolute Gasteiger partial charge is 0.301 e. The summed E-state index contributed by atoms with van der Waals surface area (Å²) < 4.78 is 50.6. The lowest BCUT2D eigenvalue weighted by Crippen LogP contribution is -2.38. The molecule has 0 spiro atoms. The minimum Gasteiger partial charge on any atom is -0.383 e. The van der Waals surface area contributed by atoms with E-state index in [-0.39, 0.29) is 30.0 Å². The molecule has 0 saturated carbocycles. The number of carbonyl (C=O) groups is 1. The van der Waals surface area contributed by atoms with Gasteiger partial charge >= 0.3 is 10.2 Å². The van der Waals surface area contributed by atoms with Crippen molar-refractivity contribution >= 4 is 45.1 Å². The zero-order chi connectivity index (χ0) is 26.7. The number of fused-ring (bicyclic) bond motifs is 1. The molecule has 4 rings (SSSR count). The van der Waals surface area contributed by atoms with Crippen molar-refractivity contribution in [2.45, 2.75) is 31.8 Å². The van der Waals surface area contributed by atoms with Gasteiger partial charge in [-0.05, 0) is 48.1 Å². The summed E-state index contributed by atoms with van der Waals surface area (Å²) in [6, 6.07) is 10.2. The van der Waals surface area contributed by atoms with Crippen LogP contribution in [0.4, 0.5) is 10.1 Å². The number of benzene rings is 2. The fourth-order valence-electron chi connectivity index (χ4n) is 4.80. The maximum atomic E-state index is 14.5. The van der Waals surface area contributed by atoms with Gasteiger partial charge < -0.3 is 19.9 Å². The van der Waals surface area contributed by atoms with Gasteiger partial charge in [0.2, 0.25) is 0 Å². The highest BCUT2D eigenvalue weighted by molar-refractivity contribution is 7.90. The van der Waals surface area contributed by atoms with Gasteiger partial charge in [-0.1, -0.05) is 18.2 Å². The van der Waals surface area contributed by atoms with Crippen LogP contribution in [0.5, 0.6) is 0 Å². The summed E-state index contributed by atoms with van der Waals surface area (Å²) in [4.78, 5) is 15.5. The number of nitrogens with one attached hydrogen (secondary N) is 1. The number of ether oxygens (including phenoxy) is 1. The normalized spacial score (nSPS) is 14.6. The van der Waals surface area contributed by atoms with Crippen LogP contribution in [0.15, 0.2) is 42.6 Å². The molecule has 208 valence electrons. The van der Waals surface area contributed by atoms with E-state index >= 15 is 0 Å². The zero-order valence-corrected chi connectivity index (χ0v) is 23.4. The molecule has 1 fully saturated rings. The second-order valence-corrected chi connectivity index (χ2v) is 11.3. The fraction of sp³-hybridized carbons (Fsp3) is 0.423. The van der Waals surface area contributed by atoms with E-state index < -0.39 is 10.2 Å². The number of halogens is 2. The van der Waals surface area contributed by atoms with Crippen LogP contribution in [-0.4, -0.2) is 69.0 Å². The van der Waals surface area contributed by atoms with E-state index in [1.165, 1.54) is 20.2 Å². The number of piperidine rings is 1. The Labute approximate surface area is 229 Å². The van der Waals surface area contributed by atoms with E-state index in [0.717, 1.165) is 15.4 Å². The SMILES string of the molecule is COCCn1cc(C(=O)N2CCC(c3cc(CN)ccc3F)CC2)c2c(NS(=O)(=O)N(C)C)cccc21.Cl. The Hall–Kier alpha value is -2.70. The molecule has 12 heteroatoms. The summed E-state index contributed by atoms with van der Waals surface area (Å²) in [6.07, 6.45) is 3.01. The molecular weight excluding hydrogens is 533 g/mol. The standard InChI is InChI=1S/C26H34FN5O4S.ClH/c1-30(2)37(34,35)29-23-5-4-6-24-25(23)21(17-32(24)13-14-36-3)26(33)31-11-9-19(10-12-31)20-15-18(16-28)7-8-22(20)27;/h4-8,15,17,19,29H,9-14,16,28H2,1-3H3;1H. The first-order chi connectivity index (χ1) is 17.7. The Morgan fingerprint density at radius 2 is 1.92 bits per heavy atom. The number of hydrogen-bond donors (Lipinski definition) is 2. The molecule has 0 unspecified atom stereocenters. The average molecular weight is 568 g/mol. The number of aromatic nitrogens is 1. The quantitative estimate of drug-likeness (QED) is 0.411. The molecule has 0 aliphatic carbocycles. The predicted octanol–water partition coefficient (Wildman–Crippen LogP) is 3.55. The molecule has 3 N–H and O–H groups in total. The zero-order valence-electron chi connectivity index (χ0n) is 21.8. The molecule has 38 heavy (non-hydrogen) atoms. The lowest BCUT2D eigenvalue weighted by molar-refractivity contribution is 0.0714. The highest BCUT2D eigenvalue weighted by Crippen LogP contribution is 2.34. The first kappa shape index (κ1) is 29.9. The highest BCUT2D eigenvalue weighted by atomic mass is 35.5. The number of nitrogens with zero attached hydrogens (tertiary/aromatic N) is 3. The predicted molar refractivity (Wildman–Crippen MR) is 149 cm³/mol. The van der Waals surface area contributed by atoms with Crippen molar-refractivity contribution in [2.24, 2.45) is 5.73 Å². The van der Waals surface area contributed by atoms with Gasteiger partial charge in [0.1, 0.15) is 5.82 Å². The Morgan fingerprint density at radius 3 is 2.55 bits per heavy atom. The Kier molecular flexibility index (Phi) is 9.77. The van der Waals surface area contributed by atoms with Crippen molar-refractivity contribution < 1.29 is 22.3 Å². The monoisotopic (exact) mass is 567 g/mol. The highest BCUT2D eigenvalue weighted by Gasteiger charge is 2.29. The molecule has 0 atom stereocenters. The minimum absolute atomic E-state index is 0. The minimum atomic E-state index is -3.79. The molecule has 2 heterocycles. The van der Waals surface area contributed by atoms with Gasteiger partial charge in [0.25, 0.3) is 5.91 Å². The van der Waals surface area contributed by atoms with Crippen LogP contribution < -0.4 is 10.5 Å².